The molecule has 19 heavy (non-hydrogen) atoms. The number of benzene rings is 1. The predicted molar refractivity (Wildman–Crippen MR) is 69.4 cm³/mol. The summed E-state index contributed by atoms with van der Waals surface area (Å²) in [5.41, 5.74) is 0.889. The van der Waals surface area contributed by atoms with E-state index in [9.17, 15) is 9.59 Å². The number of carbonyl (C=O) groups excluding carboxylic acids is 2. The van der Waals surface area contributed by atoms with E-state index in [4.69, 9.17) is 5.26 Å². The fraction of sp³-hybridized carbons (Fsp3) is 0.357. The molecular weight excluding hydrogens is 244 g/mol. The molecule has 0 saturated carbocycles. The highest BCUT2D eigenvalue weighted by Crippen LogP contribution is 2.08. The molecule has 1 amide bonds. The minimum atomic E-state index is -0.350. The Balaban J connectivity index is 2.77. The molecule has 0 radical (unpaired) electrons. The third-order valence-electron chi connectivity index (χ3n) is 2.72. The van der Waals surface area contributed by atoms with Crippen molar-refractivity contribution in [2.24, 2.45) is 0 Å². The van der Waals surface area contributed by atoms with Crippen LogP contribution in [0.3, 0.4) is 0 Å². The molecule has 0 aromatic heterocycles. The van der Waals surface area contributed by atoms with E-state index in [0.717, 1.165) is 0 Å². The normalized spacial score (nSPS) is 9.53. The summed E-state index contributed by atoms with van der Waals surface area (Å²) >= 11 is 0. The van der Waals surface area contributed by atoms with E-state index in [1.807, 2.05) is 13.0 Å². The number of rotatable bonds is 5. The van der Waals surface area contributed by atoms with Gasteiger partial charge in [-0.25, -0.2) is 0 Å². The van der Waals surface area contributed by atoms with Crippen LogP contribution in [-0.4, -0.2) is 37.0 Å². The molecule has 0 saturated heterocycles. The van der Waals surface area contributed by atoms with Crippen molar-refractivity contribution in [3.63, 3.8) is 0 Å². The highest BCUT2D eigenvalue weighted by atomic mass is 16.5. The van der Waals surface area contributed by atoms with Crippen LogP contribution < -0.4 is 0 Å². The first-order chi connectivity index (χ1) is 9.12. The van der Waals surface area contributed by atoms with Crippen molar-refractivity contribution in [2.45, 2.75) is 13.3 Å². The SMILES string of the molecule is CCN(CCC(=O)OC)C(=O)c1cccc(C#N)c1. The molecule has 0 aliphatic heterocycles. The fourth-order valence-corrected chi connectivity index (χ4v) is 1.64. The van der Waals surface area contributed by atoms with Crippen LogP contribution in [0.2, 0.25) is 0 Å². The second kappa shape index (κ2) is 7.17. The fourth-order valence-electron chi connectivity index (χ4n) is 1.64. The maximum atomic E-state index is 12.2. The van der Waals surface area contributed by atoms with E-state index >= 15 is 0 Å². The minimum Gasteiger partial charge on any atom is -0.469 e. The Morgan fingerprint density at radius 3 is 2.74 bits per heavy atom. The number of methoxy groups -OCH3 is 1. The lowest BCUT2D eigenvalue weighted by Gasteiger charge is -2.20. The van der Waals surface area contributed by atoms with Gasteiger partial charge in [-0.15, -0.1) is 0 Å². The quantitative estimate of drug-likeness (QED) is 0.754. The second-order valence-electron chi connectivity index (χ2n) is 3.90. The topological polar surface area (TPSA) is 70.4 Å². The molecule has 5 heteroatoms. The van der Waals surface area contributed by atoms with Crippen molar-refractivity contribution in [2.75, 3.05) is 20.2 Å². The van der Waals surface area contributed by atoms with Gasteiger partial charge in [0.1, 0.15) is 0 Å². The lowest BCUT2D eigenvalue weighted by atomic mass is 10.1. The monoisotopic (exact) mass is 260 g/mol. The van der Waals surface area contributed by atoms with Crippen molar-refractivity contribution in [3.8, 4) is 6.07 Å². The number of hydrogen-bond donors (Lipinski definition) is 0. The van der Waals surface area contributed by atoms with Gasteiger partial charge in [0.05, 0.1) is 25.2 Å². The first kappa shape index (κ1) is 14.7. The van der Waals surface area contributed by atoms with E-state index in [1.54, 1.807) is 29.2 Å². The summed E-state index contributed by atoms with van der Waals surface area (Å²) in [6.07, 6.45) is 0.161. The summed E-state index contributed by atoms with van der Waals surface area (Å²) in [4.78, 5) is 24.8. The highest BCUT2D eigenvalue weighted by Gasteiger charge is 2.15. The van der Waals surface area contributed by atoms with Gasteiger partial charge < -0.3 is 9.64 Å². The molecule has 0 N–H and O–H groups in total. The molecule has 100 valence electrons. The van der Waals surface area contributed by atoms with Crippen molar-refractivity contribution in [1.82, 2.24) is 4.90 Å². The summed E-state index contributed by atoms with van der Waals surface area (Å²) in [7, 11) is 1.32. The zero-order valence-electron chi connectivity index (χ0n) is 11.0. The van der Waals surface area contributed by atoms with Gasteiger partial charge in [-0.05, 0) is 25.1 Å². The number of hydrogen-bond acceptors (Lipinski definition) is 4. The van der Waals surface area contributed by atoms with Crippen LogP contribution in [0.5, 0.6) is 0 Å². The maximum Gasteiger partial charge on any atom is 0.307 e. The average molecular weight is 260 g/mol. The summed E-state index contributed by atoms with van der Waals surface area (Å²) in [6.45, 7) is 2.63. The lowest BCUT2D eigenvalue weighted by Crippen LogP contribution is -2.33. The smallest absolute Gasteiger partial charge is 0.307 e. The Morgan fingerprint density at radius 2 is 2.16 bits per heavy atom. The number of ether oxygens (including phenoxy) is 1. The van der Waals surface area contributed by atoms with Gasteiger partial charge >= 0.3 is 5.97 Å². The molecule has 0 aliphatic carbocycles. The second-order valence-corrected chi connectivity index (χ2v) is 3.90. The van der Waals surface area contributed by atoms with Gasteiger partial charge in [0.15, 0.2) is 0 Å². The van der Waals surface area contributed by atoms with Crippen LogP contribution in [0, 0.1) is 11.3 Å². The van der Waals surface area contributed by atoms with Gasteiger partial charge in [-0.1, -0.05) is 6.07 Å². The molecule has 0 fully saturated rings. The molecule has 1 aromatic carbocycles. The van der Waals surface area contributed by atoms with E-state index < -0.39 is 0 Å². The number of esters is 1. The van der Waals surface area contributed by atoms with Gasteiger partial charge in [0, 0.05) is 18.7 Å². The summed E-state index contributed by atoms with van der Waals surface area (Å²) in [5.74, 6) is -0.541. The van der Waals surface area contributed by atoms with E-state index in [0.29, 0.717) is 24.2 Å². The van der Waals surface area contributed by atoms with Gasteiger partial charge in [-0.3, -0.25) is 9.59 Å². The lowest BCUT2D eigenvalue weighted by molar-refractivity contribution is -0.140. The molecule has 1 aromatic rings. The molecule has 0 spiro atoms. The zero-order chi connectivity index (χ0) is 14.3. The van der Waals surface area contributed by atoms with Crippen LogP contribution in [0.4, 0.5) is 0 Å². The van der Waals surface area contributed by atoms with Crippen molar-refractivity contribution < 1.29 is 14.3 Å². The Morgan fingerprint density at radius 1 is 1.42 bits per heavy atom. The molecule has 0 unspecified atom stereocenters. The van der Waals surface area contributed by atoms with Crippen molar-refractivity contribution >= 4 is 11.9 Å². The third kappa shape index (κ3) is 4.11. The Labute approximate surface area is 112 Å². The third-order valence-corrected chi connectivity index (χ3v) is 2.72. The van der Waals surface area contributed by atoms with Crippen molar-refractivity contribution in [3.05, 3.63) is 35.4 Å². The molecule has 0 atom stereocenters. The Hall–Kier alpha value is -2.35. The molecular formula is C14H16N2O3. The minimum absolute atomic E-state index is 0.161. The Bertz CT molecular complexity index is 506. The summed E-state index contributed by atoms with van der Waals surface area (Å²) in [6, 6.07) is 8.50. The summed E-state index contributed by atoms with van der Waals surface area (Å²) in [5, 5.41) is 8.81. The first-order valence-electron chi connectivity index (χ1n) is 5.98. The van der Waals surface area contributed by atoms with E-state index in [2.05, 4.69) is 4.74 Å². The van der Waals surface area contributed by atoms with Crippen LogP contribution in [0.15, 0.2) is 24.3 Å². The van der Waals surface area contributed by atoms with Crippen LogP contribution in [-0.2, 0) is 9.53 Å². The van der Waals surface area contributed by atoms with Gasteiger partial charge in [0.25, 0.3) is 5.91 Å². The van der Waals surface area contributed by atoms with E-state index in [1.165, 1.54) is 7.11 Å². The highest BCUT2D eigenvalue weighted by molar-refractivity contribution is 5.94. The maximum absolute atomic E-state index is 12.2. The van der Waals surface area contributed by atoms with Crippen LogP contribution >= 0.6 is 0 Å². The molecule has 0 bridgehead atoms. The van der Waals surface area contributed by atoms with Crippen molar-refractivity contribution in [1.29, 1.82) is 5.26 Å². The van der Waals surface area contributed by atoms with Crippen LogP contribution in [0.25, 0.3) is 0 Å². The van der Waals surface area contributed by atoms with Gasteiger partial charge in [-0.2, -0.15) is 5.26 Å². The first-order valence-corrected chi connectivity index (χ1v) is 5.98. The van der Waals surface area contributed by atoms with E-state index in [-0.39, 0.29) is 18.3 Å². The Kier molecular flexibility index (Phi) is 5.55. The number of nitriles is 1. The molecule has 0 aliphatic rings. The summed E-state index contributed by atoms with van der Waals surface area (Å²) < 4.78 is 4.55. The zero-order valence-corrected chi connectivity index (χ0v) is 11.0. The standard InChI is InChI=1S/C14H16N2O3/c1-3-16(8-7-13(17)19-2)14(18)12-6-4-5-11(9-12)10-15/h4-6,9H,3,7-8H2,1-2H3. The number of nitrogens with zero attached hydrogens (tertiary/aromatic N) is 2. The largest absolute Gasteiger partial charge is 0.469 e. The molecule has 0 heterocycles. The molecule has 5 nitrogen and oxygen atoms in total. The van der Waals surface area contributed by atoms with Gasteiger partial charge in [0.2, 0.25) is 0 Å². The average Bonchev–Trinajstić information content (AvgIpc) is 2.47. The van der Waals surface area contributed by atoms with Crippen LogP contribution in [0.1, 0.15) is 29.3 Å². The number of amides is 1. The number of carbonyl (C=O) groups is 2. The predicted octanol–water partition coefficient (Wildman–Crippen LogP) is 1.58. The molecule has 1 rings (SSSR count).